The van der Waals surface area contributed by atoms with Gasteiger partial charge in [-0.15, -0.1) is 0 Å². The third-order valence-electron chi connectivity index (χ3n) is 3.94. The van der Waals surface area contributed by atoms with Crippen LogP contribution in [0.4, 0.5) is 4.39 Å². The molecule has 2 heterocycles. The van der Waals surface area contributed by atoms with Gasteiger partial charge in [-0.05, 0) is 6.07 Å². The topological polar surface area (TPSA) is 90.9 Å². The molecule has 2 aromatic heterocycles. The number of nitrogens with zero attached hydrogens (tertiary/aromatic N) is 4. The molecule has 8 nitrogen and oxygen atoms in total. The maximum atomic E-state index is 13.6. The Hall–Kier alpha value is -3.23. The summed E-state index contributed by atoms with van der Waals surface area (Å²) in [7, 11) is 3.11. The average molecular weight is 345 g/mol. The second-order valence-corrected chi connectivity index (χ2v) is 5.63. The predicted octanol–water partition coefficient (Wildman–Crippen LogP) is -0.111. The molecule has 0 fully saturated rings. The highest BCUT2D eigenvalue weighted by atomic mass is 19.1. The second-order valence-electron chi connectivity index (χ2n) is 5.63. The average Bonchev–Trinajstić information content (AvgIpc) is 2.98. The van der Waals surface area contributed by atoms with Crippen LogP contribution < -0.4 is 16.6 Å². The maximum Gasteiger partial charge on any atom is 0.332 e. The lowest BCUT2D eigenvalue weighted by Crippen LogP contribution is -2.43. The molecule has 1 amide bonds. The molecule has 130 valence electrons. The molecule has 0 bridgehead atoms. The number of benzene rings is 1. The minimum atomic E-state index is -0.641. The summed E-state index contributed by atoms with van der Waals surface area (Å²) < 4.78 is 17.1. The Bertz CT molecular complexity index is 1080. The second kappa shape index (κ2) is 6.34. The van der Waals surface area contributed by atoms with Gasteiger partial charge in [0.2, 0.25) is 5.91 Å². The van der Waals surface area contributed by atoms with Crippen LogP contribution in [-0.4, -0.2) is 24.6 Å². The highest BCUT2D eigenvalue weighted by molar-refractivity contribution is 5.76. The molecule has 0 aliphatic carbocycles. The van der Waals surface area contributed by atoms with E-state index in [2.05, 4.69) is 10.3 Å². The van der Waals surface area contributed by atoms with Crippen LogP contribution in [0.1, 0.15) is 5.56 Å². The number of aromatic nitrogens is 4. The van der Waals surface area contributed by atoms with Gasteiger partial charge in [-0.25, -0.2) is 18.7 Å². The van der Waals surface area contributed by atoms with Gasteiger partial charge in [0.25, 0.3) is 5.56 Å². The van der Waals surface area contributed by atoms with E-state index in [0.29, 0.717) is 5.56 Å². The van der Waals surface area contributed by atoms with Crippen LogP contribution in [0.2, 0.25) is 0 Å². The lowest BCUT2D eigenvalue weighted by Gasteiger charge is -2.09. The third kappa shape index (κ3) is 2.95. The maximum absolute atomic E-state index is 13.6. The summed E-state index contributed by atoms with van der Waals surface area (Å²) in [5, 5.41) is 2.51. The number of halogens is 1. The summed E-state index contributed by atoms with van der Waals surface area (Å²) in [4.78, 5) is 40.9. The summed E-state index contributed by atoms with van der Waals surface area (Å²) in [6, 6.07) is 6.04. The van der Waals surface area contributed by atoms with E-state index in [1.54, 1.807) is 25.2 Å². The molecule has 1 aromatic carbocycles. The van der Waals surface area contributed by atoms with Crippen LogP contribution >= 0.6 is 0 Å². The summed E-state index contributed by atoms with van der Waals surface area (Å²) in [5.41, 5.74) is -0.445. The molecule has 9 heteroatoms. The number of nitrogens with one attached hydrogen (secondary N) is 1. The molecular formula is C16H16FN5O3. The highest BCUT2D eigenvalue weighted by Crippen LogP contribution is 2.05. The molecule has 0 radical (unpaired) electrons. The Balaban J connectivity index is 1.87. The Morgan fingerprint density at radius 1 is 1.24 bits per heavy atom. The highest BCUT2D eigenvalue weighted by Gasteiger charge is 2.17. The number of imidazole rings is 1. The minimum Gasteiger partial charge on any atom is -0.350 e. The normalized spacial score (nSPS) is 11.0. The fraction of sp³-hybridized carbons (Fsp3) is 0.250. The number of hydrogen-bond acceptors (Lipinski definition) is 4. The third-order valence-corrected chi connectivity index (χ3v) is 3.94. The molecule has 0 aliphatic rings. The largest absolute Gasteiger partial charge is 0.350 e. The van der Waals surface area contributed by atoms with E-state index in [4.69, 9.17) is 0 Å². The predicted molar refractivity (Wildman–Crippen MR) is 88.5 cm³/mol. The van der Waals surface area contributed by atoms with Crippen LogP contribution in [0.5, 0.6) is 0 Å². The van der Waals surface area contributed by atoms with E-state index < -0.39 is 29.5 Å². The van der Waals surface area contributed by atoms with Crippen molar-refractivity contribution in [3.63, 3.8) is 0 Å². The van der Waals surface area contributed by atoms with Crippen molar-refractivity contribution in [1.29, 1.82) is 0 Å². The number of aryl methyl sites for hydroxylation is 2. The van der Waals surface area contributed by atoms with Gasteiger partial charge in [-0.1, -0.05) is 18.2 Å². The minimum absolute atomic E-state index is 0.0332. The molecule has 3 rings (SSSR count). The number of rotatable bonds is 4. The van der Waals surface area contributed by atoms with Gasteiger partial charge in [-0.3, -0.25) is 14.2 Å². The fourth-order valence-corrected chi connectivity index (χ4v) is 2.57. The van der Waals surface area contributed by atoms with E-state index >= 15 is 0 Å². The molecule has 0 saturated carbocycles. The first-order chi connectivity index (χ1) is 11.9. The summed E-state index contributed by atoms with van der Waals surface area (Å²) >= 11 is 0. The van der Waals surface area contributed by atoms with Crippen molar-refractivity contribution in [1.82, 2.24) is 24.0 Å². The molecule has 0 saturated heterocycles. The fourth-order valence-electron chi connectivity index (χ4n) is 2.57. The SMILES string of the molecule is Cn1cnc2c1c(=O)n(CC(=O)NCc1ccccc1F)c(=O)n2C. The molecule has 25 heavy (non-hydrogen) atoms. The van der Waals surface area contributed by atoms with E-state index in [0.717, 1.165) is 4.57 Å². The van der Waals surface area contributed by atoms with Gasteiger partial charge < -0.3 is 9.88 Å². The van der Waals surface area contributed by atoms with E-state index in [-0.39, 0.29) is 17.7 Å². The molecule has 3 aromatic rings. The first-order valence-corrected chi connectivity index (χ1v) is 7.51. The van der Waals surface area contributed by atoms with Crippen LogP contribution in [0.3, 0.4) is 0 Å². The van der Waals surface area contributed by atoms with E-state index in [9.17, 15) is 18.8 Å². The monoisotopic (exact) mass is 345 g/mol. The Kier molecular flexibility index (Phi) is 4.22. The Morgan fingerprint density at radius 2 is 1.96 bits per heavy atom. The zero-order chi connectivity index (χ0) is 18.1. The Morgan fingerprint density at radius 3 is 2.68 bits per heavy atom. The lowest BCUT2D eigenvalue weighted by atomic mass is 10.2. The summed E-state index contributed by atoms with van der Waals surface area (Å²) in [5.74, 6) is -1.00. The van der Waals surface area contributed by atoms with Gasteiger partial charge in [0.15, 0.2) is 11.2 Å². The standard InChI is InChI=1S/C16H16FN5O3/c1-20-9-19-14-13(20)15(24)22(16(25)21(14)2)8-12(23)18-7-10-5-3-4-6-11(10)17/h3-6,9H,7-8H2,1-2H3,(H,18,23). The summed E-state index contributed by atoms with van der Waals surface area (Å²) in [6.07, 6.45) is 1.42. The van der Waals surface area contributed by atoms with Crippen molar-refractivity contribution < 1.29 is 9.18 Å². The first-order valence-electron chi connectivity index (χ1n) is 7.51. The quantitative estimate of drug-likeness (QED) is 0.714. The van der Waals surface area contributed by atoms with Crippen molar-refractivity contribution in [3.8, 4) is 0 Å². The number of carbonyl (C=O) groups excluding carboxylic acids is 1. The van der Waals surface area contributed by atoms with Crippen LogP contribution in [0.15, 0.2) is 40.2 Å². The zero-order valence-electron chi connectivity index (χ0n) is 13.7. The van der Waals surface area contributed by atoms with Gasteiger partial charge in [0, 0.05) is 26.2 Å². The number of hydrogen-bond donors (Lipinski definition) is 1. The van der Waals surface area contributed by atoms with Crippen molar-refractivity contribution in [3.05, 3.63) is 62.8 Å². The lowest BCUT2D eigenvalue weighted by molar-refractivity contribution is -0.121. The molecule has 1 N–H and O–H groups in total. The van der Waals surface area contributed by atoms with Crippen molar-refractivity contribution >= 4 is 17.1 Å². The smallest absolute Gasteiger partial charge is 0.332 e. The van der Waals surface area contributed by atoms with Crippen LogP contribution in [0.25, 0.3) is 11.2 Å². The van der Waals surface area contributed by atoms with Crippen LogP contribution in [-0.2, 0) is 32.0 Å². The zero-order valence-corrected chi connectivity index (χ0v) is 13.7. The molecule has 0 atom stereocenters. The molecule has 0 spiro atoms. The number of amides is 1. The molecule has 0 unspecified atom stereocenters. The number of carbonyl (C=O) groups is 1. The number of fused-ring (bicyclic) bond motifs is 1. The molecular weight excluding hydrogens is 329 g/mol. The van der Waals surface area contributed by atoms with Crippen molar-refractivity contribution in [2.45, 2.75) is 13.1 Å². The van der Waals surface area contributed by atoms with Crippen molar-refractivity contribution in [2.75, 3.05) is 0 Å². The summed E-state index contributed by atoms with van der Waals surface area (Å²) in [6.45, 7) is -0.490. The van der Waals surface area contributed by atoms with E-state index in [1.807, 2.05) is 0 Å². The van der Waals surface area contributed by atoms with Crippen LogP contribution in [0, 0.1) is 5.82 Å². The van der Waals surface area contributed by atoms with Gasteiger partial charge >= 0.3 is 5.69 Å². The van der Waals surface area contributed by atoms with Gasteiger partial charge in [0.05, 0.1) is 6.33 Å². The van der Waals surface area contributed by atoms with Gasteiger partial charge in [-0.2, -0.15) is 0 Å². The van der Waals surface area contributed by atoms with Crippen molar-refractivity contribution in [2.24, 2.45) is 14.1 Å². The molecule has 0 aliphatic heterocycles. The first kappa shape index (κ1) is 16.6. The Labute approximate surface area is 141 Å². The van der Waals surface area contributed by atoms with Gasteiger partial charge in [0.1, 0.15) is 12.4 Å². The van der Waals surface area contributed by atoms with E-state index in [1.165, 1.54) is 28.6 Å².